The van der Waals surface area contributed by atoms with Crippen LogP contribution in [0, 0.1) is 11.3 Å². The SMILES string of the molecule is CN(CCC1CCC1)C1CC(O)CCC1(C)C. The zero-order valence-electron chi connectivity index (χ0n) is 11.8. The van der Waals surface area contributed by atoms with Crippen molar-refractivity contribution in [3.05, 3.63) is 0 Å². The molecule has 2 unspecified atom stereocenters. The molecular weight excluding hydrogens is 210 g/mol. The first-order valence-corrected chi connectivity index (χ1v) is 7.37. The molecule has 0 heterocycles. The lowest BCUT2D eigenvalue weighted by Gasteiger charge is -2.46. The minimum absolute atomic E-state index is 0.0702. The number of hydrogen-bond acceptors (Lipinski definition) is 2. The molecule has 100 valence electrons. The number of hydrogen-bond donors (Lipinski definition) is 1. The Bertz CT molecular complexity index is 247. The highest BCUT2D eigenvalue weighted by Gasteiger charge is 2.38. The fourth-order valence-electron chi connectivity index (χ4n) is 3.50. The van der Waals surface area contributed by atoms with Crippen LogP contribution in [0.25, 0.3) is 0 Å². The van der Waals surface area contributed by atoms with Gasteiger partial charge in [-0.1, -0.05) is 33.1 Å². The van der Waals surface area contributed by atoms with Gasteiger partial charge in [0.1, 0.15) is 0 Å². The van der Waals surface area contributed by atoms with Crippen molar-refractivity contribution >= 4 is 0 Å². The van der Waals surface area contributed by atoms with Crippen LogP contribution in [-0.4, -0.2) is 35.7 Å². The molecule has 2 atom stereocenters. The topological polar surface area (TPSA) is 23.5 Å². The van der Waals surface area contributed by atoms with Gasteiger partial charge < -0.3 is 10.0 Å². The van der Waals surface area contributed by atoms with E-state index in [1.165, 1.54) is 32.2 Å². The molecule has 2 nitrogen and oxygen atoms in total. The molecule has 0 saturated heterocycles. The van der Waals surface area contributed by atoms with E-state index in [0.29, 0.717) is 11.5 Å². The largest absolute Gasteiger partial charge is 0.393 e. The third-order valence-electron chi connectivity index (χ3n) is 5.17. The molecule has 2 aliphatic rings. The summed E-state index contributed by atoms with van der Waals surface area (Å²) in [5, 5.41) is 9.87. The summed E-state index contributed by atoms with van der Waals surface area (Å²) in [6, 6.07) is 0.561. The van der Waals surface area contributed by atoms with Gasteiger partial charge >= 0.3 is 0 Å². The van der Waals surface area contributed by atoms with Crippen LogP contribution in [0.1, 0.15) is 58.8 Å². The first-order valence-electron chi connectivity index (χ1n) is 7.37. The van der Waals surface area contributed by atoms with Crippen LogP contribution in [0.2, 0.25) is 0 Å². The average molecular weight is 239 g/mol. The van der Waals surface area contributed by atoms with Crippen LogP contribution in [0.15, 0.2) is 0 Å². The summed E-state index contributed by atoms with van der Waals surface area (Å²) in [4.78, 5) is 2.51. The van der Waals surface area contributed by atoms with Crippen molar-refractivity contribution in [2.45, 2.75) is 70.9 Å². The maximum Gasteiger partial charge on any atom is 0.0555 e. The van der Waals surface area contributed by atoms with E-state index in [1.807, 2.05) is 0 Å². The summed E-state index contributed by atoms with van der Waals surface area (Å²) in [5.41, 5.74) is 0.369. The molecule has 0 radical (unpaired) electrons. The monoisotopic (exact) mass is 239 g/mol. The maximum atomic E-state index is 9.87. The van der Waals surface area contributed by atoms with Gasteiger partial charge in [0.25, 0.3) is 0 Å². The van der Waals surface area contributed by atoms with Gasteiger partial charge in [-0.3, -0.25) is 0 Å². The second-order valence-electron chi connectivity index (χ2n) is 7.00. The highest BCUT2D eigenvalue weighted by Crippen LogP contribution is 2.39. The van der Waals surface area contributed by atoms with Crippen molar-refractivity contribution in [3.8, 4) is 0 Å². The van der Waals surface area contributed by atoms with E-state index in [2.05, 4.69) is 25.8 Å². The summed E-state index contributed by atoms with van der Waals surface area (Å²) < 4.78 is 0. The molecule has 17 heavy (non-hydrogen) atoms. The molecule has 0 aliphatic heterocycles. The predicted molar refractivity (Wildman–Crippen MR) is 72.0 cm³/mol. The molecule has 0 spiro atoms. The first kappa shape index (κ1) is 13.4. The van der Waals surface area contributed by atoms with Gasteiger partial charge in [0, 0.05) is 6.04 Å². The van der Waals surface area contributed by atoms with Crippen LogP contribution in [0.4, 0.5) is 0 Å². The Balaban J connectivity index is 1.84. The zero-order valence-corrected chi connectivity index (χ0v) is 11.8. The Hall–Kier alpha value is -0.0800. The third-order valence-corrected chi connectivity index (χ3v) is 5.17. The summed E-state index contributed by atoms with van der Waals surface area (Å²) >= 11 is 0. The minimum atomic E-state index is -0.0702. The van der Waals surface area contributed by atoms with E-state index < -0.39 is 0 Å². The Morgan fingerprint density at radius 3 is 2.53 bits per heavy atom. The van der Waals surface area contributed by atoms with E-state index in [9.17, 15) is 5.11 Å². The summed E-state index contributed by atoms with van der Waals surface area (Å²) in [6.07, 6.45) is 8.75. The lowest BCUT2D eigenvalue weighted by molar-refractivity contribution is -0.00389. The molecular formula is C15H29NO. The van der Waals surface area contributed by atoms with Crippen molar-refractivity contribution in [1.82, 2.24) is 4.90 Å². The second-order valence-corrected chi connectivity index (χ2v) is 7.00. The molecule has 2 fully saturated rings. The predicted octanol–water partition coefficient (Wildman–Crippen LogP) is 3.05. The molecule has 0 bridgehead atoms. The van der Waals surface area contributed by atoms with Gasteiger partial charge in [-0.15, -0.1) is 0 Å². The average Bonchev–Trinajstić information content (AvgIpc) is 2.19. The zero-order chi connectivity index (χ0) is 12.5. The quantitative estimate of drug-likeness (QED) is 0.815. The van der Waals surface area contributed by atoms with Crippen molar-refractivity contribution in [3.63, 3.8) is 0 Å². The number of nitrogens with zero attached hydrogens (tertiary/aromatic N) is 1. The summed E-state index contributed by atoms with van der Waals surface area (Å²) in [7, 11) is 2.25. The van der Waals surface area contributed by atoms with Gasteiger partial charge in [0.2, 0.25) is 0 Å². The summed E-state index contributed by atoms with van der Waals surface area (Å²) in [5.74, 6) is 0.995. The van der Waals surface area contributed by atoms with Gasteiger partial charge in [0.15, 0.2) is 0 Å². The standard InChI is InChI=1S/C15H29NO/c1-15(2)9-7-13(17)11-14(15)16(3)10-8-12-5-4-6-12/h12-14,17H,4-11H2,1-3H3. The molecule has 0 aromatic heterocycles. The molecule has 2 saturated carbocycles. The smallest absolute Gasteiger partial charge is 0.0555 e. The Kier molecular flexibility index (Phi) is 4.14. The van der Waals surface area contributed by atoms with Gasteiger partial charge in [-0.2, -0.15) is 0 Å². The fraction of sp³-hybridized carbons (Fsp3) is 1.00. The van der Waals surface area contributed by atoms with E-state index in [4.69, 9.17) is 0 Å². The van der Waals surface area contributed by atoms with Crippen molar-refractivity contribution in [2.75, 3.05) is 13.6 Å². The van der Waals surface area contributed by atoms with Crippen molar-refractivity contribution in [1.29, 1.82) is 0 Å². The third kappa shape index (κ3) is 3.23. The lowest BCUT2D eigenvalue weighted by atomic mass is 9.71. The van der Waals surface area contributed by atoms with Crippen molar-refractivity contribution in [2.24, 2.45) is 11.3 Å². The van der Waals surface area contributed by atoms with E-state index >= 15 is 0 Å². The van der Waals surface area contributed by atoms with Crippen LogP contribution in [-0.2, 0) is 0 Å². The van der Waals surface area contributed by atoms with Gasteiger partial charge in [0.05, 0.1) is 6.10 Å². The Morgan fingerprint density at radius 1 is 1.24 bits per heavy atom. The molecule has 1 N–H and O–H groups in total. The number of rotatable bonds is 4. The second kappa shape index (κ2) is 5.27. The van der Waals surface area contributed by atoms with Gasteiger partial charge in [-0.05, 0) is 50.6 Å². The Morgan fingerprint density at radius 2 is 1.94 bits per heavy atom. The summed E-state index contributed by atoms with van der Waals surface area (Å²) in [6.45, 7) is 5.94. The number of aliphatic hydroxyl groups excluding tert-OH is 1. The van der Waals surface area contributed by atoms with Crippen LogP contribution in [0.3, 0.4) is 0 Å². The van der Waals surface area contributed by atoms with Crippen LogP contribution >= 0.6 is 0 Å². The molecule has 2 heteroatoms. The maximum absolute atomic E-state index is 9.87. The van der Waals surface area contributed by atoms with E-state index in [-0.39, 0.29) is 6.10 Å². The first-order chi connectivity index (χ1) is 7.99. The lowest BCUT2D eigenvalue weighted by Crippen LogP contribution is -2.49. The molecule has 0 aromatic rings. The fourth-order valence-corrected chi connectivity index (χ4v) is 3.50. The molecule has 2 aliphatic carbocycles. The van der Waals surface area contributed by atoms with E-state index in [0.717, 1.165) is 25.2 Å². The highest BCUT2D eigenvalue weighted by molar-refractivity contribution is 4.92. The van der Waals surface area contributed by atoms with Crippen LogP contribution in [0.5, 0.6) is 0 Å². The molecule has 2 rings (SSSR count). The van der Waals surface area contributed by atoms with Gasteiger partial charge in [-0.25, -0.2) is 0 Å². The number of aliphatic hydroxyl groups is 1. The normalized spacial score (nSPS) is 33.7. The molecule has 0 amide bonds. The Labute approximate surface area is 106 Å². The van der Waals surface area contributed by atoms with Crippen LogP contribution < -0.4 is 0 Å². The van der Waals surface area contributed by atoms with E-state index in [1.54, 1.807) is 0 Å². The molecule has 0 aromatic carbocycles. The highest BCUT2D eigenvalue weighted by atomic mass is 16.3. The van der Waals surface area contributed by atoms with Crippen molar-refractivity contribution < 1.29 is 5.11 Å². The minimum Gasteiger partial charge on any atom is -0.393 e.